The number of nitrogens with zero attached hydrogens (tertiary/aromatic N) is 2. The van der Waals surface area contributed by atoms with E-state index in [1.165, 1.54) is 6.92 Å². The van der Waals surface area contributed by atoms with Crippen molar-refractivity contribution in [2.24, 2.45) is 0 Å². The highest BCUT2D eigenvalue weighted by molar-refractivity contribution is 6.31. The van der Waals surface area contributed by atoms with E-state index in [9.17, 15) is 4.79 Å². The molecule has 0 spiro atoms. The zero-order valence-corrected chi connectivity index (χ0v) is 10.1. The number of hydrogen-bond acceptors (Lipinski definition) is 3. The zero-order valence-electron chi connectivity index (χ0n) is 9.31. The van der Waals surface area contributed by atoms with Gasteiger partial charge in [-0.2, -0.15) is 0 Å². The van der Waals surface area contributed by atoms with Gasteiger partial charge in [0.25, 0.3) is 0 Å². The number of imidazole rings is 1. The maximum absolute atomic E-state index is 11.0. The normalized spacial score (nSPS) is 18.4. The van der Waals surface area contributed by atoms with Crippen LogP contribution in [0.5, 0.6) is 0 Å². The van der Waals surface area contributed by atoms with E-state index in [0.717, 1.165) is 29.8 Å². The Morgan fingerprint density at radius 2 is 2.41 bits per heavy atom. The molecule has 0 saturated carbocycles. The van der Waals surface area contributed by atoms with Crippen molar-refractivity contribution in [1.82, 2.24) is 9.55 Å². The van der Waals surface area contributed by atoms with Gasteiger partial charge in [0, 0.05) is 24.9 Å². The molecule has 1 aliphatic heterocycles. The summed E-state index contributed by atoms with van der Waals surface area (Å²) in [6, 6.07) is 5.62. The smallest absolute Gasteiger partial charge is 0.303 e. The highest BCUT2D eigenvalue weighted by atomic mass is 35.5. The predicted molar refractivity (Wildman–Crippen MR) is 63.9 cm³/mol. The van der Waals surface area contributed by atoms with Crippen LogP contribution < -0.4 is 0 Å². The van der Waals surface area contributed by atoms with Gasteiger partial charge >= 0.3 is 5.97 Å². The number of hydrogen-bond donors (Lipinski definition) is 0. The van der Waals surface area contributed by atoms with Crippen molar-refractivity contribution in [3.8, 4) is 0 Å². The van der Waals surface area contributed by atoms with Gasteiger partial charge in [0.15, 0.2) is 11.9 Å². The molecule has 0 aliphatic carbocycles. The minimum Gasteiger partial charge on any atom is -0.454 e. The highest BCUT2D eigenvalue weighted by Gasteiger charge is 2.28. The summed E-state index contributed by atoms with van der Waals surface area (Å²) in [5.74, 6) is 0.547. The third kappa shape index (κ3) is 1.69. The van der Waals surface area contributed by atoms with Gasteiger partial charge in [0.1, 0.15) is 0 Å². The summed E-state index contributed by atoms with van der Waals surface area (Å²) in [6.07, 6.45) is 0.569. The molecule has 2 aromatic rings. The SMILES string of the molecule is CC(=O)OC1CCn2c1nc1cc(Cl)ccc12. The Hall–Kier alpha value is -1.55. The lowest BCUT2D eigenvalue weighted by Crippen LogP contribution is -2.06. The van der Waals surface area contributed by atoms with Crippen LogP contribution >= 0.6 is 11.6 Å². The molecule has 1 unspecified atom stereocenters. The molecule has 0 bridgehead atoms. The van der Waals surface area contributed by atoms with Gasteiger partial charge in [-0.3, -0.25) is 4.79 Å². The number of carbonyl (C=O) groups excluding carboxylic acids is 1. The van der Waals surface area contributed by atoms with E-state index in [2.05, 4.69) is 9.55 Å². The summed E-state index contributed by atoms with van der Waals surface area (Å²) in [5.41, 5.74) is 1.89. The van der Waals surface area contributed by atoms with E-state index in [1.54, 1.807) is 0 Å². The van der Waals surface area contributed by atoms with Gasteiger partial charge in [0.05, 0.1) is 11.0 Å². The molecule has 0 fully saturated rings. The minimum absolute atomic E-state index is 0.223. The molecule has 2 heterocycles. The molecule has 17 heavy (non-hydrogen) atoms. The monoisotopic (exact) mass is 250 g/mol. The summed E-state index contributed by atoms with van der Waals surface area (Å²) in [5, 5.41) is 0.665. The number of ether oxygens (including phenoxy) is 1. The number of aryl methyl sites for hydroxylation is 1. The van der Waals surface area contributed by atoms with Gasteiger partial charge in [0.2, 0.25) is 0 Å². The van der Waals surface area contributed by atoms with Crippen molar-refractivity contribution in [2.45, 2.75) is 26.0 Å². The van der Waals surface area contributed by atoms with Gasteiger partial charge in [-0.25, -0.2) is 4.98 Å². The Labute approximate surface area is 103 Å². The third-order valence-corrected chi connectivity index (χ3v) is 3.19. The summed E-state index contributed by atoms with van der Waals surface area (Å²) in [6.45, 7) is 2.24. The average Bonchev–Trinajstić information content (AvgIpc) is 2.77. The molecule has 1 aromatic heterocycles. The van der Waals surface area contributed by atoms with Crippen LogP contribution in [-0.4, -0.2) is 15.5 Å². The van der Waals surface area contributed by atoms with Gasteiger partial charge in [-0.15, -0.1) is 0 Å². The Morgan fingerprint density at radius 3 is 3.18 bits per heavy atom. The molecule has 88 valence electrons. The van der Waals surface area contributed by atoms with Crippen LogP contribution in [0.1, 0.15) is 25.3 Å². The lowest BCUT2D eigenvalue weighted by atomic mass is 10.3. The topological polar surface area (TPSA) is 44.1 Å². The molecule has 0 saturated heterocycles. The molecular weight excluding hydrogens is 240 g/mol. The molecule has 5 heteroatoms. The van der Waals surface area contributed by atoms with Crippen LogP contribution in [-0.2, 0) is 16.1 Å². The van der Waals surface area contributed by atoms with Crippen molar-refractivity contribution in [3.05, 3.63) is 29.0 Å². The number of halogens is 1. The van der Waals surface area contributed by atoms with Crippen molar-refractivity contribution < 1.29 is 9.53 Å². The van der Waals surface area contributed by atoms with Crippen LogP contribution in [0.15, 0.2) is 18.2 Å². The average molecular weight is 251 g/mol. The molecule has 0 N–H and O–H groups in total. The second-order valence-electron chi connectivity index (χ2n) is 4.14. The first-order valence-corrected chi connectivity index (χ1v) is 5.86. The van der Waals surface area contributed by atoms with E-state index < -0.39 is 0 Å². The molecule has 4 nitrogen and oxygen atoms in total. The summed E-state index contributed by atoms with van der Waals surface area (Å²) >= 11 is 5.93. The van der Waals surface area contributed by atoms with Gasteiger partial charge in [-0.1, -0.05) is 11.6 Å². The maximum Gasteiger partial charge on any atom is 0.303 e. The molecule has 1 aromatic carbocycles. The third-order valence-electron chi connectivity index (χ3n) is 2.95. The second-order valence-corrected chi connectivity index (χ2v) is 4.58. The van der Waals surface area contributed by atoms with Crippen molar-refractivity contribution in [3.63, 3.8) is 0 Å². The maximum atomic E-state index is 11.0. The fourth-order valence-electron chi connectivity index (χ4n) is 2.29. The highest BCUT2D eigenvalue weighted by Crippen LogP contribution is 2.33. The molecular formula is C12H11ClN2O2. The number of esters is 1. The van der Waals surface area contributed by atoms with Gasteiger partial charge in [-0.05, 0) is 18.2 Å². The lowest BCUT2D eigenvalue weighted by molar-refractivity contribution is -0.146. The molecule has 3 rings (SSSR count). The van der Waals surface area contributed by atoms with E-state index in [0.29, 0.717) is 5.02 Å². The van der Waals surface area contributed by atoms with Gasteiger partial charge < -0.3 is 9.30 Å². The second kappa shape index (κ2) is 3.74. The lowest BCUT2D eigenvalue weighted by Gasteiger charge is -2.07. The van der Waals surface area contributed by atoms with Crippen LogP contribution in [0, 0.1) is 0 Å². The van der Waals surface area contributed by atoms with E-state index in [-0.39, 0.29) is 12.1 Å². The Bertz CT molecular complexity index is 606. The summed E-state index contributed by atoms with van der Waals surface area (Å²) in [7, 11) is 0. The fraction of sp³-hybridized carbons (Fsp3) is 0.333. The van der Waals surface area contributed by atoms with Crippen molar-refractivity contribution in [1.29, 1.82) is 0 Å². The number of rotatable bonds is 1. The predicted octanol–water partition coefficient (Wildman–Crippen LogP) is 2.70. The number of aromatic nitrogens is 2. The Kier molecular flexibility index (Phi) is 2.33. The largest absolute Gasteiger partial charge is 0.454 e. The molecule has 0 radical (unpaired) electrons. The minimum atomic E-state index is -0.270. The van der Waals surface area contributed by atoms with Crippen molar-refractivity contribution in [2.75, 3.05) is 0 Å². The number of fused-ring (bicyclic) bond motifs is 3. The Balaban J connectivity index is 2.09. The van der Waals surface area contributed by atoms with Crippen LogP contribution in [0.4, 0.5) is 0 Å². The van der Waals surface area contributed by atoms with E-state index >= 15 is 0 Å². The molecule has 0 amide bonds. The quantitative estimate of drug-likeness (QED) is 0.731. The number of benzene rings is 1. The first kappa shape index (κ1) is 10.6. The van der Waals surface area contributed by atoms with E-state index in [1.807, 2.05) is 18.2 Å². The first-order valence-electron chi connectivity index (χ1n) is 5.48. The Morgan fingerprint density at radius 1 is 1.59 bits per heavy atom. The first-order chi connectivity index (χ1) is 8.15. The van der Waals surface area contributed by atoms with Crippen LogP contribution in [0.3, 0.4) is 0 Å². The summed E-state index contributed by atoms with van der Waals surface area (Å²) < 4.78 is 7.32. The molecule has 1 aliphatic rings. The zero-order chi connectivity index (χ0) is 12.0. The van der Waals surface area contributed by atoms with Crippen molar-refractivity contribution >= 4 is 28.6 Å². The molecule has 1 atom stereocenters. The van der Waals surface area contributed by atoms with Crippen LogP contribution in [0.2, 0.25) is 5.02 Å². The van der Waals surface area contributed by atoms with Crippen LogP contribution in [0.25, 0.3) is 11.0 Å². The van der Waals surface area contributed by atoms with E-state index in [4.69, 9.17) is 16.3 Å². The summed E-state index contributed by atoms with van der Waals surface area (Å²) in [4.78, 5) is 15.5. The standard InChI is InChI=1S/C12H11ClN2O2/c1-7(16)17-11-4-5-15-10-3-2-8(13)6-9(10)14-12(11)15/h2-3,6,11H,4-5H2,1H3. The fourth-order valence-corrected chi connectivity index (χ4v) is 2.46. The number of carbonyl (C=O) groups is 1.